The summed E-state index contributed by atoms with van der Waals surface area (Å²) in [6.07, 6.45) is 3.37. The Bertz CT molecular complexity index is 418. The molecule has 0 bridgehead atoms. The molecular weight excluding hydrogens is 226 g/mol. The van der Waals surface area contributed by atoms with Gasteiger partial charge in [0.25, 0.3) is 0 Å². The van der Waals surface area contributed by atoms with Crippen molar-refractivity contribution in [2.24, 2.45) is 0 Å². The van der Waals surface area contributed by atoms with Gasteiger partial charge in [0.1, 0.15) is 5.82 Å². The average Bonchev–Trinajstić information content (AvgIpc) is 2.68. The van der Waals surface area contributed by atoms with Crippen LogP contribution in [0.4, 0.5) is 11.5 Å². The summed E-state index contributed by atoms with van der Waals surface area (Å²) in [6, 6.07) is 3.88. The maximum absolute atomic E-state index is 5.89. The van der Waals surface area contributed by atoms with E-state index in [1.54, 1.807) is 0 Å². The summed E-state index contributed by atoms with van der Waals surface area (Å²) >= 11 is 0. The molecule has 0 unspecified atom stereocenters. The lowest BCUT2D eigenvalue weighted by atomic mass is 10.0. The monoisotopic (exact) mass is 249 g/mol. The highest BCUT2D eigenvalue weighted by atomic mass is 16.5. The Morgan fingerprint density at radius 2 is 2.22 bits per heavy atom. The lowest BCUT2D eigenvalue weighted by Gasteiger charge is -2.32. The normalized spacial score (nSPS) is 18.1. The van der Waals surface area contributed by atoms with E-state index in [0.29, 0.717) is 18.2 Å². The first-order valence-corrected chi connectivity index (χ1v) is 6.71. The van der Waals surface area contributed by atoms with Crippen molar-refractivity contribution in [1.29, 1.82) is 0 Å². The molecule has 1 aromatic rings. The fourth-order valence-corrected chi connectivity index (χ4v) is 2.44. The molecule has 0 spiro atoms. The van der Waals surface area contributed by atoms with E-state index in [1.807, 2.05) is 12.1 Å². The van der Waals surface area contributed by atoms with Crippen molar-refractivity contribution in [2.45, 2.75) is 45.6 Å². The minimum absolute atomic E-state index is 0.172. The molecule has 0 atom stereocenters. The highest BCUT2D eigenvalue weighted by molar-refractivity contribution is 5.55. The average molecular weight is 249 g/mol. The highest BCUT2D eigenvalue weighted by Crippen LogP contribution is 2.34. The molecule has 2 rings (SSSR count). The standard InChI is InChI=1S/C14H23N3O/c1-4-10-18-13-11(15)6-7-12(16-13)17-9-5-8-14(17,2)3/h6-7H,4-5,8-10,15H2,1-3H3. The molecule has 2 N–H and O–H groups in total. The van der Waals surface area contributed by atoms with Gasteiger partial charge in [0.15, 0.2) is 0 Å². The van der Waals surface area contributed by atoms with Gasteiger partial charge in [-0.05, 0) is 45.2 Å². The van der Waals surface area contributed by atoms with E-state index in [-0.39, 0.29) is 5.54 Å². The van der Waals surface area contributed by atoms with E-state index in [0.717, 1.165) is 18.8 Å². The van der Waals surface area contributed by atoms with Gasteiger partial charge in [0.05, 0.1) is 12.3 Å². The van der Waals surface area contributed by atoms with Crippen LogP contribution in [0.15, 0.2) is 12.1 Å². The van der Waals surface area contributed by atoms with Crippen LogP contribution in [0.25, 0.3) is 0 Å². The van der Waals surface area contributed by atoms with Crippen LogP contribution < -0.4 is 15.4 Å². The molecule has 100 valence electrons. The quantitative estimate of drug-likeness (QED) is 0.891. The third-order valence-corrected chi connectivity index (χ3v) is 3.50. The van der Waals surface area contributed by atoms with Crippen LogP contribution in [0, 0.1) is 0 Å². The second-order valence-electron chi connectivity index (χ2n) is 5.48. The number of pyridine rings is 1. The lowest BCUT2D eigenvalue weighted by molar-refractivity contribution is 0.307. The van der Waals surface area contributed by atoms with Crippen LogP contribution in [-0.4, -0.2) is 23.7 Å². The highest BCUT2D eigenvalue weighted by Gasteiger charge is 2.33. The second-order valence-corrected chi connectivity index (χ2v) is 5.48. The second kappa shape index (κ2) is 5.04. The largest absolute Gasteiger partial charge is 0.476 e. The fourth-order valence-electron chi connectivity index (χ4n) is 2.44. The first-order valence-electron chi connectivity index (χ1n) is 6.71. The van der Waals surface area contributed by atoms with E-state index in [4.69, 9.17) is 10.5 Å². The zero-order valence-corrected chi connectivity index (χ0v) is 11.6. The van der Waals surface area contributed by atoms with Crippen molar-refractivity contribution in [1.82, 2.24) is 4.98 Å². The van der Waals surface area contributed by atoms with Crippen LogP contribution in [0.3, 0.4) is 0 Å². The number of ether oxygens (including phenoxy) is 1. The zero-order chi connectivity index (χ0) is 13.2. The smallest absolute Gasteiger partial charge is 0.239 e. The van der Waals surface area contributed by atoms with E-state index < -0.39 is 0 Å². The van der Waals surface area contributed by atoms with Crippen molar-refractivity contribution in [3.8, 4) is 5.88 Å². The Balaban J connectivity index is 2.23. The predicted molar refractivity (Wildman–Crippen MR) is 75.1 cm³/mol. The molecule has 1 aromatic heterocycles. The van der Waals surface area contributed by atoms with Crippen LogP contribution in [-0.2, 0) is 0 Å². The van der Waals surface area contributed by atoms with E-state index >= 15 is 0 Å². The third-order valence-electron chi connectivity index (χ3n) is 3.50. The number of rotatable bonds is 4. The molecule has 1 saturated heterocycles. The van der Waals surface area contributed by atoms with Gasteiger partial charge in [-0.3, -0.25) is 0 Å². The van der Waals surface area contributed by atoms with Gasteiger partial charge in [0.2, 0.25) is 5.88 Å². The summed E-state index contributed by atoms with van der Waals surface area (Å²) < 4.78 is 5.59. The molecule has 0 aliphatic carbocycles. The minimum Gasteiger partial charge on any atom is -0.476 e. The van der Waals surface area contributed by atoms with Crippen molar-refractivity contribution in [3.63, 3.8) is 0 Å². The number of nitrogen functional groups attached to an aromatic ring is 1. The maximum Gasteiger partial charge on any atom is 0.239 e. The zero-order valence-electron chi connectivity index (χ0n) is 11.6. The molecule has 0 aromatic carbocycles. The van der Waals surface area contributed by atoms with E-state index in [1.165, 1.54) is 12.8 Å². The van der Waals surface area contributed by atoms with Gasteiger partial charge in [-0.25, -0.2) is 0 Å². The third kappa shape index (κ3) is 2.52. The number of nitrogens with zero attached hydrogens (tertiary/aromatic N) is 2. The molecule has 18 heavy (non-hydrogen) atoms. The van der Waals surface area contributed by atoms with E-state index in [9.17, 15) is 0 Å². The van der Waals surface area contributed by atoms with Crippen LogP contribution in [0.2, 0.25) is 0 Å². The first-order chi connectivity index (χ1) is 8.54. The van der Waals surface area contributed by atoms with Gasteiger partial charge >= 0.3 is 0 Å². The molecular formula is C14H23N3O. The topological polar surface area (TPSA) is 51.4 Å². The number of hydrogen-bond donors (Lipinski definition) is 1. The number of aromatic nitrogens is 1. The molecule has 1 aliphatic heterocycles. The molecule has 1 fully saturated rings. The number of anilines is 2. The Morgan fingerprint density at radius 1 is 1.44 bits per heavy atom. The van der Waals surface area contributed by atoms with E-state index in [2.05, 4.69) is 30.7 Å². The van der Waals surface area contributed by atoms with Crippen molar-refractivity contribution in [3.05, 3.63) is 12.1 Å². The first kappa shape index (κ1) is 13.0. The van der Waals surface area contributed by atoms with Crippen LogP contribution in [0.5, 0.6) is 5.88 Å². The van der Waals surface area contributed by atoms with Crippen molar-refractivity contribution in [2.75, 3.05) is 23.8 Å². The van der Waals surface area contributed by atoms with Gasteiger partial charge in [-0.1, -0.05) is 6.92 Å². The fraction of sp³-hybridized carbons (Fsp3) is 0.643. The summed E-state index contributed by atoms with van der Waals surface area (Å²) in [5.41, 5.74) is 6.68. The van der Waals surface area contributed by atoms with Gasteiger partial charge in [-0.15, -0.1) is 0 Å². The Labute approximate surface area is 109 Å². The molecule has 0 radical (unpaired) electrons. The maximum atomic E-state index is 5.89. The summed E-state index contributed by atoms with van der Waals surface area (Å²) in [4.78, 5) is 6.90. The van der Waals surface area contributed by atoms with Crippen LogP contribution >= 0.6 is 0 Å². The van der Waals surface area contributed by atoms with Gasteiger partial charge in [-0.2, -0.15) is 4.98 Å². The Hall–Kier alpha value is -1.45. The molecule has 2 heterocycles. The van der Waals surface area contributed by atoms with Crippen LogP contribution in [0.1, 0.15) is 40.0 Å². The Kier molecular flexibility index (Phi) is 3.64. The summed E-state index contributed by atoms with van der Waals surface area (Å²) in [6.45, 7) is 8.29. The molecule has 4 nitrogen and oxygen atoms in total. The number of hydrogen-bond acceptors (Lipinski definition) is 4. The van der Waals surface area contributed by atoms with Gasteiger partial charge in [0, 0.05) is 12.1 Å². The molecule has 1 aliphatic rings. The minimum atomic E-state index is 0.172. The summed E-state index contributed by atoms with van der Waals surface area (Å²) in [5, 5.41) is 0. The molecule has 0 saturated carbocycles. The summed E-state index contributed by atoms with van der Waals surface area (Å²) in [7, 11) is 0. The number of nitrogens with two attached hydrogens (primary N) is 1. The van der Waals surface area contributed by atoms with Gasteiger partial charge < -0.3 is 15.4 Å². The summed E-state index contributed by atoms with van der Waals surface area (Å²) in [5.74, 6) is 1.54. The lowest BCUT2D eigenvalue weighted by Crippen LogP contribution is -2.38. The Morgan fingerprint density at radius 3 is 2.83 bits per heavy atom. The SMILES string of the molecule is CCCOc1nc(N2CCCC2(C)C)ccc1N. The molecule has 4 heteroatoms. The van der Waals surface area contributed by atoms with Crippen molar-refractivity contribution < 1.29 is 4.74 Å². The predicted octanol–water partition coefficient (Wildman–Crippen LogP) is 2.83. The van der Waals surface area contributed by atoms with Crippen molar-refractivity contribution >= 4 is 11.5 Å². The molecule has 0 amide bonds.